The molecule has 3 heteroatoms. The minimum Gasteiger partial charge on any atom is -0.480 e. The molecule has 11 heavy (non-hydrogen) atoms. The average molecular weight is 167 g/mol. The van der Waals surface area contributed by atoms with Crippen LogP contribution in [0, 0.1) is 0 Å². The van der Waals surface area contributed by atoms with E-state index >= 15 is 0 Å². The lowest BCUT2D eigenvalue weighted by atomic mass is 10.3. The first-order valence-electron chi connectivity index (χ1n) is 3.64. The van der Waals surface area contributed by atoms with Crippen LogP contribution in [0.4, 0.5) is 0 Å². The zero-order chi connectivity index (χ0) is 7.68. The molecule has 1 aromatic heterocycles. The number of hydrogen-bond acceptors (Lipinski definition) is 3. The van der Waals surface area contributed by atoms with Gasteiger partial charge in [-0.3, -0.25) is 4.98 Å². The maximum Gasteiger partial charge on any atom is 0.152 e. The Kier molecular flexibility index (Phi) is 1.74. The highest BCUT2D eigenvalue weighted by atomic mass is 32.2. The molecule has 0 bridgehead atoms. The highest BCUT2D eigenvalue weighted by Gasteiger charge is 2.12. The van der Waals surface area contributed by atoms with Gasteiger partial charge in [0.2, 0.25) is 0 Å². The Morgan fingerprint density at radius 3 is 3.45 bits per heavy atom. The number of ether oxygens (including phenoxy) is 1. The highest BCUT2D eigenvalue weighted by Crippen LogP contribution is 2.35. The van der Waals surface area contributed by atoms with Gasteiger partial charge in [-0.2, -0.15) is 0 Å². The molecule has 0 saturated heterocycles. The molecule has 0 fully saturated rings. The van der Waals surface area contributed by atoms with Gasteiger partial charge in [-0.25, -0.2) is 0 Å². The smallest absolute Gasteiger partial charge is 0.152 e. The summed E-state index contributed by atoms with van der Waals surface area (Å²) in [6.45, 7) is 2.11. The standard InChI is InChI=1S/C8H9NOS/c1-2-6-3-8-7(4-9-6)10-5-11-8/h3-4H,2,5H2,1H3. The van der Waals surface area contributed by atoms with Crippen LogP contribution in [0.15, 0.2) is 17.2 Å². The maximum absolute atomic E-state index is 5.30. The topological polar surface area (TPSA) is 22.1 Å². The van der Waals surface area contributed by atoms with Gasteiger partial charge in [0.15, 0.2) is 5.75 Å². The molecule has 0 spiro atoms. The number of fused-ring (bicyclic) bond motifs is 1. The number of hydrogen-bond donors (Lipinski definition) is 0. The van der Waals surface area contributed by atoms with Crippen molar-refractivity contribution in [2.75, 3.05) is 5.94 Å². The lowest BCUT2D eigenvalue weighted by Gasteiger charge is -1.98. The second kappa shape index (κ2) is 2.74. The summed E-state index contributed by atoms with van der Waals surface area (Å²) in [6, 6.07) is 2.10. The van der Waals surface area contributed by atoms with Gasteiger partial charge < -0.3 is 4.74 Å². The quantitative estimate of drug-likeness (QED) is 0.639. The van der Waals surface area contributed by atoms with Gasteiger partial charge in [0.1, 0.15) is 5.94 Å². The summed E-state index contributed by atoms with van der Waals surface area (Å²) >= 11 is 1.74. The predicted molar refractivity (Wildman–Crippen MR) is 45.0 cm³/mol. The highest BCUT2D eigenvalue weighted by molar-refractivity contribution is 7.99. The van der Waals surface area contributed by atoms with Crippen molar-refractivity contribution >= 4 is 11.8 Å². The number of thioether (sulfide) groups is 1. The number of pyridine rings is 1. The molecule has 0 radical (unpaired) electrons. The summed E-state index contributed by atoms with van der Waals surface area (Å²) in [5.74, 6) is 1.68. The fourth-order valence-corrected chi connectivity index (χ4v) is 1.82. The lowest BCUT2D eigenvalue weighted by Crippen LogP contribution is -1.87. The van der Waals surface area contributed by atoms with E-state index in [-0.39, 0.29) is 0 Å². The van der Waals surface area contributed by atoms with Crippen LogP contribution in [-0.2, 0) is 6.42 Å². The first-order chi connectivity index (χ1) is 5.40. The van der Waals surface area contributed by atoms with Gasteiger partial charge in [0.25, 0.3) is 0 Å². The van der Waals surface area contributed by atoms with Crippen molar-refractivity contribution in [1.82, 2.24) is 4.98 Å². The van der Waals surface area contributed by atoms with E-state index in [1.54, 1.807) is 11.8 Å². The van der Waals surface area contributed by atoms with Crippen molar-refractivity contribution in [2.24, 2.45) is 0 Å². The van der Waals surface area contributed by atoms with Crippen molar-refractivity contribution in [3.05, 3.63) is 18.0 Å². The third-order valence-electron chi connectivity index (χ3n) is 1.68. The van der Waals surface area contributed by atoms with E-state index in [0.29, 0.717) is 0 Å². The Balaban J connectivity index is 2.41. The molecule has 2 rings (SSSR count). The van der Waals surface area contributed by atoms with Crippen LogP contribution in [0.1, 0.15) is 12.6 Å². The van der Waals surface area contributed by atoms with Crippen LogP contribution in [0.5, 0.6) is 5.75 Å². The third kappa shape index (κ3) is 1.20. The van der Waals surface area contributed by atoms with Crippen molar-refractivity contribution < 1.29 is 4.74 Å². The monoisotopic (exact) mass is 167 g/mol. The van der Waals surface area contributed by atoms with Crippen molar-refractivity contribution in [1.29, 1.82) is 0 Å². The summed E-state index contributed by atoms with van der Waals surface area (Å²) in [4.78, 5) is 5.46. The lowest BCUT2D eigenvalue weighted by molar-refractivity contribution is 0.395. The van der Waals surface area contributed by atoms with Crippen LogP contribution >= 0.6 is 11.8 Å². The van der Waals surface area contributed by atoms with Crippen molar-refractivity contribution in [2.45, 2.75) is 18.2 Å². The molecule has 0 amide bonds. The molecular weight excluding hydrogens is 158 g/mol. The summed E-state index contributed by atoms with van der Waals surface area (Å²) in [5, 5.41) is 0. The Bertz CT molecular complexity index is 275. The Morgan fingerprint density at radius 1 is 1.73 bits per heavy atom. The Morgan fingerprint density at radius 2 is 2.64 bits per heavy atom. The van der Waals surface area contributed by atoms with Gasteiger partial charge >= 0.3 is 0 Å². The van der Waals surface area contributed by atoms with Gasteiger partial charge in [-0.15, -0.1) is 0 Å². The molecule has 0 aromatic carbocycles. The van der Waals surface area contributed by atoms with Gasteiger partial charge in [-0.1, -0.05) is 18.7 Å². The van der Waals surface area contributed by atoms with Crippen molar-refractivity contribution in [3.63, 3.8) is 0 Å². The first-order valence-corrected chi connectivity index (χ1v) is 4.63. The SMILES string of the molecule is CCc1cc2c(cn1)OCS2. The molecule has 58 valence electrons. The van der Waals surface area contributed by atoms with Crippen LogP contribution < -0.4 is 4.74 Å². The minimum atomic E-state index is 0.740. The largest absolute Gasteiger partial charge is 0.480 e. The Hall–Kier alpha value is -0.700. The summed E-state index contributed by atoms with van der Waals surface area (Å²) in [6.07, 6.45) is 2.81. The van der Waals surface area contributed by atoms with E-state index in [1.165, 1.54) is 4.90 Å². The predicted octanol–water partition coefficient (Wildman–Crippen LogP) is 2.09. The molecule has 2 heterocycles. The molecule has 2 nitrogen and oxygen atoms in total. The zero-order valence-electron chi connectivity index (χ0n) is 6.33. The van der Waals surface area contributed by atoms with Crippen molar-refractivity contribution in [3.8, 4) is 5.75 Å². The average Bonchev–Trinajstić information content (AvgIpc) is 2.50. The van der Waals surface area contributed by atoms with Gasteiger partial charge in [-0.05, 0) is 12.5 Å². The molecule has 0 saturated carbocycles. The third-order valence-corrected chi connectivity index (χ3v) is 2.55. The maximum atomic E-state index is 5.30. The van der Waals surface area contributed by atoms with E-state index in [4.69, 9.17) is 4.74 Å². The van der Waals surface area contributed by atoms with E-state index in [1.807, 2.05) is 6.20 Å². The molecular formula is C8H9NOS. The summed E-state index contributed by atoms with van der Waals surface area (Å²) in [5.41, 5.74) is 1.14. The molecule has 0 aliphatic carbocycles. The fourth-order valence-electron chi connectivity index (χ4n) is 1.04. The number of aromatic nitrogens is 1. The Labute approximate surface area is 70.0 Å². The van der Waals surface area contributed by atoms with Crippen LogP contribution in [0.25, 0.3) is 0 Å². The van der Waals surface area contributed by atoms with Crippen LogP contribution in [0.2, 0.25) is 0 Å². The van der Waals surface area contributed by atoms with E-state index in [2.05, 4.69) is 18.0 Å². The van der Waals surface area contributed by atoms with Gasteiger partial charge in [0, 0.05) is 5.69 Å². The molecule has 1 aliphatic heterocycles. The first kappa shape index (κ1) is 6.98. The van der Waals surface area contributed by atoms with E-state index < -0.39 is 0 Å². The molecule has 0 unspecified atom stereocenters. The van der Waals surface area contributed by atoms with Gasteiger partial charge in [0.05, 0.1) is 11.1 Å². The fraction of sp³-hybridized carbons (Fsp3) is 0.375. The molecule has 0 atom stereocenters. The molecule has 1 aliphatic rings. The van der Waals surface area contributed by atoms with Crippen LogP contribution in [0.3, 0.4) is 0 Å². The summed E-state index contributed by atoms with van der Waals surface area (Å²) < 4.78 is 5.30. The second-order valence-electron chi connectivity index (χ2n) is 2.38. The summed E-state index contributed by atoms with van der Waals surface area (Å²) in [7, 11) is 0. The molecule has 0 N–H and O–H groups in total. The second-order valence-corrected chi connectivity index (χ2v) is 3.35. The van der Waals surface area contributed by atoms with E-state index in [0.717, 1.165) is 23.8 Å². The van der Waals surface area contributed by atoms with Crippen LogP contribution in [-0.4, -0.2) is 10.9 Å². The minimum absolute atomic E-state index is 0.740. The van der Waals surface area contributed by atoms with E-state index in [9.17, 15) is 0 Å². The number of rotatable bonds is 1. The normalized spacial score (nSPS) is 14.3. The molecule has 1 aromatic rings. The number of nitrogens with zero attached hydrogens (tertiary/aromatic N) is 1. The number of aryl methyl sites for hydroxylation is 1. The zero-order valence-corrected chi connectivity index (χ0v) is 7.15.